The Morgan fingerprint density at radius 3 is 2.62 bits per heavy atom. The fourth-order valence-corrected chi connectivity index (χ4v) is 3.53. The molecule has 0 heterocycles. The molecule has 1 aromatic carbocycles. The van der Waals surface area contributed by atoms with Crippen molar-refractivity contribution >= 4 is 21.4 Å². The average molecular weight is 314 g/mol. The van der Waals surface area contributed by atoms with Crippen LogP contribution in [0.5, 0.6) is 0 Å². The predicted octanol–water partition coefficient (Wildman–Crippen LogP) is 1.30. The Labute approximate surface area is 123 Å². The van der Waals surface area contributed by atoms with Crippen LogP contribution in [0, 0.1) is 16.0 Å². The molecule has 1 fully saturated rings. The highest BCUT2D eigenvalue weighted by molar-refractivity contribution is 7.89. The maximum Gasteiger partial charge on any atom is 0.294 e. The number of hydrogen-bond acceptors (Lipinski definition) is 6. The maximum atomic E-state index is 12.4. The summed E-state index contributed by atoms with van der Waals surface area (Å²) in [6, 6.07) is 3.64. The molecule has 116 valence electrons. The quantitative estimate of drug-likeness (QED) is 0.464. The smallest absolute Gasteiger partial charge is 0.294 e. The molecule has 0 aliphatic heterocycles. The first-order chi connectivity index (χ1) is 9.86. The molecule has 0 spiro atoms. The van der Waals surface area contributed by atoms with E-state index in [-0.39, 0.29) is 16.3 Å². The molecule has 0 saturated heterocycles. The summed E-state index contributed by atoms with van der Waals surface area (Å²) in [5.74, 6) is 5.56. The molecule has 0 atom stereocenters. The highest BCUT2D eigenvalue weighted by atomic mass is 32.2. The zero-order valence-electron chi connectivity index (χ0n) is 11.7. The standard InChI is InChI=1S/C12H18N4O4S/c1-15(8-9-3-2-4-9)21(19,20)10-5-6-11(14-13)12(7-10)16(17)18/h5-7,9,14H,2-4,8,13H2,1H3. The van der Waals surface area contributed by atoms with Crippen molar-refractivity contribution in [2.24, 2.45) is 11.8 Å². The van der Waals surface area contributed by atoms with Gasteiger partial charge in [0.15, 0.2) is 0 Å². The minimum atomic E-state index is -3.73. The van der Waals surface area contributed by atoms with E-state index in [9.17, 15) is 18.5 Å². The normalized spacial score (nSPS) is 15.8. The van der Waals surface area contributed by atoms with E-state index in [1.807, 2.05) is 0 Å². The summed E-state index contributed by atoms with van der Waals surface area (Å²) in [7, 11) is -2.24. The Kier molecular flexibility index (Phi) is 4.45. The lowest BCUT2D eigenvalue weighted by Gasteiger charge is -2.29. The van der Waals surface area contributed by atoms with Gasteiger partial charge in [-0.1, -0.05) is 6.42 Å². The fraction of sp³-hybridized carbons (Fsp3) is 0.500. The van der Waals surface area contributed by atoms with Crippen LogP contribution in [0.25, 0.3) is 0 Å². The van der Waals surface area contributed by atoms with Crippen molar-refractivity contribution < 1.29 is 13.3 Å². The second kappa shape index (κ2) is 5.96. The second-order valence-corrected chi connectivity index (χ2v) is 7.21. The van der Waals surface area contributed by atoms with Gasteiger partial charge in [0.05, 0.1) is 9.82 Å². The summed E-state index contributed by atoms with van der Waals surface area (Å²) in [5, 5.41) is 11.0. The van der Waals surface area contributed by atoms with Gasteiger partial charge in [-0.05, 0) is 30.9 Å². The molecule has 0 unspecified atom stereocenters. The van der Waals surface area contributed by atoms with Gasteiger partial charge in [-0.15, -0.1) is 0 Å². The van der Waals surface area contributed by atoms with Gasteiger partial charge in [-0.25, -0.2) is 12.7 Å². The van der Waals surface area contributed by atoms with Crippen LogP contribution in [0.15, 0.2) is 23.1 Å². The van der Waals surface area contributed by atoms with E-state index in [4.69, 9.17) is 5.84 Å². The van der Waals surface area contributed by atoms with E-state index in [1.165, 1.54) is 23.5 Å². The lowest BCUT2D eigenvalue weighted by molar-refractivity contribution is -0.384. The first kappa shape index (κ1) is 15.7. The Bertz CT molecular complexity index is 643. The third-order valence-electron chi connectivity index (χ3n) is 3.77. The summed E-state index contributed by atoms with van der Waals surface area (Å²) in [6.45, 7) is 0.438. The molecule has 1 saturated carbocycles. The van der Waals surface area contributed by atoms with Crippen molar-refractivity contribution in [2.45, 2.75) is 24.2 Å². The minimum Gasteiger partial charge on any atom is -0.318 e. The molecule has 0 aromatic heterocycles. The summed E-state index contributed by atoms with van der Waals surface area (Å²) in [6.07, 6.45) is 3.17. The zero-order valence-corrected chi connectivity index (χ0v) is 12.5. The van der Waals surface area contributed by atoms with E-state index in [0.717, 1.165) is 25.3 Å². The van der Waals surface area contributed by atoms with Crippen molar-refractivity contribution in [3.8, 4) is 0 Å². The van der Waals surface area contributed by atoms with Crippen molar-refractivity contribution in [3.05, 3.63) is 28.3 Å². The van der Waals surface area contributed by atoms with Gasteiger partial charge >= 0.3 is 0 Å². The summed E-state index contributed by atoms with van der Waals surface area (Å²) in [4.78, 5) is 10.2. The number of sulfonamides is 1. The van der Waals surface area contributed by atoms with Crippen molar-refractivity contribution in [2.75, 3.05) is 19.0 Å². The molecular weight excluding hydrogens is 296 g/mol. The molecule has 3 N–H and O–H groups in total. The van der Waals surface area contributed by atoms with Gasteiger partial charge in [-0.2, -0.15) is 0 Å². The third-order valence-corrected chi connectivity index (χ3v) is 5.59. The number of nitro benzene ring substituents is 1. The number of anilines is 1. The number of hydrogen-bond donors (Lipinski definition) is 2. The number of benzene rings is 1. The van der Waals surface area contributed by atoms with Gasteiger partial charge in [0.25, 0.3) is 5.69 Å². The average Bonchev–Trinajstić information content (AvgIpc) is 2.41. The van der Waals surface area contributed by atoms with E-state index in [1.54, 1.807) is 0 Å². The van der Waals surface area contributed by atoms with Gasteiger partial charge < -0.3 is 5.43 Å². The SMILES string of the molecule is CN(CC1CCC1)S(=O)(=O)c1ccc(NN)c([N+](=O)[O-])c1. The molecule has 0 radical (unpaired) electrons. The van der Waals surface area contributed by atoms with E-state index in [0.29, 0.717) is 12.5 Å². The van der Waals surface area contributed by atoms with Crippen LogP contribution in [-0.2, 0) is 10.0 Å². The van der Waals surface area contributed by atoms with Crippen molar-refractivity contribution in [1.29, 1.82) is 0 Å². The summed E-state index contributed by atoms with van der Waals surface area (Å²) >= 11 is 0. The van der Waals surface area contributed by atoms with E-state index in [2.05, 4.69) is 5.43 Å². The minimum absolute atomic E-state index is 0.0700. The third kappa shape index (κ3) is 3.14. The maximum absolute atomic E-state index is 12.4. The van der Waals surface area contributed by atoms with Gasteiger partial charge in [0.1, 0.15) is 5.69 Å². The topological polar surface area (TPSA) is 119 Å². The van der Waals surface area contributed by atoms with Gasteiger partial charge in [0, 0.05) is 19.7 Å². The number of nitrogens with one attached hydrogen (secondary N) is 1. The van der Waals surface area contributed by atoms with Crippen LogP contribution in [0.2, 0.25) is 0 Å². The number of rotatable bonds is 6. The van der Waals surface area contributed by atoms with Gasteiger partial charge in [-0.3, -0.25) is 16.0 Å². The van der Waals surface area contributed by atoms with Crippen LogP contribution in [0.1, 0.15) is 19.3 Å². The van der Waals surface area contributed by atoms with Crippen LogP contribution >= 0.6 is 0 Å². The molecule has 9 heteroatoms. The summed E-state index contributed by atoms with van der Waals surface area (Å²) in [5.41, 5.74) is 1.89. The molecule has 0 bridgehead atoms. The van der Waals surface area contributed by atoms with Crippen LogP contribution in [0.3, 0.4) is 0 Å². The van der Waals surface area contributed by atoms with Crippen LogP contribution in [-0.4, -0.2) is 31.2 Å². The highest BCUT2D eigenvalue weighted by Crippen LogP contribution is 2.31. The molecule has 2 rings (SSSR count). The molecule has 1 aliphatic rings. The van der Waals surface area contributed by atoms with E-state index < -0.39 is 14.9 Å². The first-order valence-electron chi connectivity index (χ1n) is 6.57. The Hall–Kier alpha value is -1.71. The lowest BCUT2D eigenvalue weighted by Crippen LogP contribution is -2.34. The molecule has 1 aliphatic carbocycles. The highest BCUT2D eigenvalue weighted by Gasteiger charge is 2.28. The Balaban J connectivity index is 2.30. The van der Waals surface area contributed by atoms with Crippen LogP contribution < -0.4 is 11.3 Å². The Morgan fingerprint density at radius 1 is 1.48 bits per heavy atom. The lowest BCUT2D eigenvalue weighted by atomic mass is 9.86. The molecular formula is C12H18N4O4S. The largest absolute Gasteiger partial charge is 0.318 e. The first-order valence-corrected chi connectivity index (χ1v) is 8.01. The summed E-state index contributed by atoms with van der Waals surface area (Å²) < 4.78 is 26.1. The predicted molar refractivity (Wildman–Crippen MR) is 78.1 cm³/mol. The monoisotopic (exact) mass is 314 g/mol. The Morgan fingerprint density at radius 2 is 2.14 bits per heavy atom. The van der Waals surface area contributed by atoms with E-state index >= 15 is 0 Å². The zero-order chi connectivity index (χ0) is 15.6. The van der Waals surface area contributed by atoms with Crippen molar-refractivity contribution in [3.63, 3.8) is 0 Å². The number of nitro groups is 1. The number of hydrazine groups is 1. The van der Waals surface area contributed by atoms with Crippen molar-refractivity contribution in [1.82, 2.24) is 4.31 Å². The second-order valence-electron chi connectivity index (χ2n) is 5.16. The van der Waals surface area contributed by atoms with Crippen LogP contribution in [0.4, 0.5) is 11.4 Å². The molecule has 21 heavy (non-hydrogen) atoms. The number of nitrogen functional groups attached to an aromatic ring is 1. The molecule has 8 nitrogen and oxygen atoms in total. The molecule has 0 amide bonds. The fourth-order valence-electron chi connectivity index (χ4n) is 2.26. The number of nitrogens with zero attached hydrogens (tertiary/aromatic N) is 2. The molecule has 1 aromatic rings. The number of nitrogens with two attached hydrogens (primary N) is 1. The van der Waals surface area contributed by atoms with Gasteiger partial charge in [0.2, 0.25) is 10.0 Å².